The number of nitrogens with zero attached hydrogens (tertiary/aromatic N) is 2. The Hall–Kier alpha value is -1.28. The lowest BCUT2D eigenvalue weighted by Crippen LogP contribution is -1.99. The molecule has 15 heavy (non-hydrogen) atoms. The molecule has 0 saturated carbocycles. The number of thiol groups is 1. The Labute approximate surface area is 95.6 Å². The van der Waals surface area contributed by atoms with Crippen LogP contribution < -0.4 is 0 Å². The second-order valence-corrected chi connectivity index (χ2v) is 3.56. The van der Waals surface area contributed by atoms with Gasteiger partial charge in [0.15, 0.2) is 0 Å². The number of ether oxygens (including phenoxy) is 1. The van der Waals surface area contributed by atoms with E-state index in [2.05, 4.69) is 22.4 Å². The lowest BCUT2D eigenvalue weighted by molar-refractivity contribution is 0.373. The lowest BCUT2D eigenvalue weighted by atomic mass is 10.1. The fourth-order valence-electron chi connectivity index (χ4n) is 0.743. The molecule has 0 aromatic rings. The van der Waals surface area contributed by atoms with Crippen LogP contribution >= 0.6 is 12.6 Å². The third-order valence-corrected chi connectivity index (χ3v) is 2.07. The topological polar surface area (TPSA) is 69.2 Å². The van der Waals surface area contributed by atoms with Gasteiger partial charge in [-0.05, 0) is 19.3 Å². The molecule has 0 spiro atoms. The molecule has 0 aromatic carbocycles. The summed E-state index contributed by atoms with van der Waals surface area (Å²) in [6.45, 7) is 5.64. The number of aliphatic imine (C=N–C) groups is 1. The lowest BCUT2D eigenvalue weighted by Gasteiger charge is -2.04. The van der Waals surface area contributed by atoms with Gasteiger partial charge < -0.3 is 4.74 Å². The van der Waals surface area contributed by atoms with Crippen molar-refractivity contribution in [2.24, 2.45) is 10.9 Å². The number of hydrogen-bond acceptors (Lipinski definition) is 4. The van der Waals surface area contributed by atoms with Gasteiger partial charge in [0, 0.05) is 6.21 Å². The molecule has 1 N–H and O–H groups in total. The minimum atomic E-state index is -0.0118. The molecule has 0 amide bonds. The average Bonchev–Trinajstić information content (AvgIpc) is 2.17. The van der Waals surface area contributed by atoms with Gasteiger partial charge in [0.2, 0.25) is 0 Å². The van der Waals surface area contributed by atoms with Crippen molar-refractivity contribution >= 4 is 23.9 Å². The first-order valence-electron chi connectivity index (χ1n) is 4.61. The van der Waals surface area contributed by atoms with E-state index in [0.717, 1.165) is 6.42 Å². The van der Waals surface area contributed by atoms with Gasteiger partial charge in [-0.2, -0.15) is 0 Å². The molecule has 82 valence electrons. The number of allylic oxidation sites excluding steroid dienone is 1. The van der Waals surface area contributed by atoms with Crippen LogP contribution in [0.5, 0.6) is 0 Å². The fraction of sp³-hybridized carbons (Fsp3) is 0.500. The number of rotatable bonds is 5. The van der Waals surface area contributed by atoms with E-state index in [1.165, 1.54) is 0 Å². The van der Waals surface area contributed by atoms with Crippen molar-refractivity contribution in [3.8, 4) is 6.26 Å². The quantitative estimate of drug-likeness (QED) is 0.248. The Bertz CT molecular complexity index is 328. The molecule has 0 saturated heterocycles. The van der Waals surface area contributed by atoms with E-state index in [-0.39, 0.29) is 10.8 Å². The van der Waals surface area contributed by atoms with Crippen molar-refractivity contribution in [1.82, 2.24) is 0 Å². The van der Waals surface area contributed by atoms with Crippen LogP contribution in [-0.2, 0) is 4.74 Å². The number of nitriles is 1. The predicted molar refractivity (Wildman–Crippen MR) is 64.1 cm³/mol. The molecule has 5 heteroatoms. The van der Waals surface area contributed by atoms with E-state index in [4.69, 9.17) is 10.7 Å². The van der Waals surface area contributed by atoms with Crippen LogP contribution in [0.1, 0.15) is 27.2 Å². The van der Waals surface area contributed by atoms with E-state index >= 15 is 0 Å². The van der Waals surface area contributed by atoms with Gasteiger partial charge in [0.1, 0.15) is 16.5 Å². The van der Waals surface area contributed by atoms with Crippen LogP contribution in [0.2, 0.25) is 0 Å². The summed E-state index contributed by atoms with van der Waals surface area (Å²) in [7, 11) is 0. The largest absolute Gasteiger partial charge is 0.390 e. The summed E-state index contributed by atoms with van der Waals surface area (Å²) in [6.07, 6.45) is 4.24. The fourth-order valence-corrected chi connectivity index (χ4v) is 0.958. The molecule has 0 fully saturated rings. The van der Waals surface area contributed by atoms with Crippen molar-refractivity contribution in [2.45, 2.75) is 27.2 Å². The highest BCUT2D eigenvalue weighted by molar-refractivity contribution is 7.97. The zero-order chi connectivity index (χ0) is 11.8. The van der Waals surface area contributed by atoms with Crippen molar-refractivity contribution in [3.05, 3.63) is 11.5 Å². The Kier molecular flexibility index (Phi) is 6.47. The molecule has 0 heterocycles. The summed E-state index contributed by atoms with van der Waals surface area (Å²) >= 11 is 3.88. The normalized spacial score (nSPS) is 14.3. The predicted octanol–water partition coefficient (Wildman–Crippen LogP) is 2.74. The molecular formula is C10H15N3OS. The molecule has 0 rings (SSSR count). The SMILES string of the molecule is CCC(C)/C=N\C(C(=N)S)=C(/C)OC#N. The van der Waals surface area contributed by atoms with E-state index in [9.17, 15) is 0 Å². The molecule has 4 nitrogen and oxygen atoms in total. The molecule has 0 bridgehead atoms. The molecule has 0 radical (unpaired) electrons. The van der Waals surface area contributed by atoms with E-state index in [1.54, 1.807) is 19.4 Å². The third kappa shape index (κ3) is 5.23. The van der Waals surface area contributed by atoms with Crippen LogP contribution in [0.3, 0.4) is 0 Å². The molecule has 0 aromatic heterocycles. The second kappa shape index (κ2) is 7.07. The zero-order valence-corrected chi connectivity index (χ0v) is 10.0. The van der Waals surface area contributed by atoms with Crippen molar-refractivity contribution in [1.29, 1.82) is 10.7 Å². The van der Waals surface area contributed by atoms with Gasteiger partial charge in [-0.1, -0.05) is 13.8 Å². The summed E-state index contributed by atoms with van der Waals surface area (Å²) in [5.41, 5.74) is 0.292. The average molecular weight is 225 g/mol. The van der Waals surface area contributed by atoms with Crippen molar-refractivity contribution in [3.63, 3.8) is 0 Å². The van der Waals surface area contributed by atoms with Gasteiger partial charge >= 0.3 is 0 Å². The maximum absolute atomic E-state index is 8.34. The Morgan fingerprint density at radius 1 is 1.73 bits per heavy atom. The summed E-state index contributed by atoms with van der Waals surface area (Å²) in [4.78, 5) is 4.09. The van der Waals surface area contributed by atoms with Gasteiger partial charge in [-0.25, -0.2) is 0 Å². The smallest absolute Gasteiger partial charge is 0.291 e. The van der Waals surface area contributed by atoms with Gasteiger partial charge in [0.25, 0.3) is 6.26 Å². The van der Waals surface area contributed by atoms with Gasteiger partial charge in [0.05, 0.1) is 0 Å². The maximum Gasteiger partial charge on any atom is 0.291 e. The number of nitrogens with one attached hydrogen (secondary N) is 1. The first-order valence-corrected chi connectivity index (χ1v) is 5.06. The Morgan fingerprint density at radius 2 is 2.33 bits per heavy atom. The highest BCUT2D eigenvalue weighted by atomic mass is 32.1. The van der Waals surface area contributed by atoms with E-state index < -0.39 is 0 Å². The van der Waals surface area contributed by atoms with Crippen LogP contribution in [-0.4, -0.2) is 11.3 Å². The summed E-state index contributed by atoms with van der Waals surface area (Å²) < 4.78 is 4.61. The molecular weight excluding hydrogens is 210 g/mol. The maximum atomic E-state index is 8.34. The summed E-state index contributed by atoms with van der Waals surface area (Å²) in [5.74, 6) is 0.611. The van der Waals surface area contributed by atoms with Crippen LogP contribution in [0, 0.1) is 22.8 Å². The second-order valence-electron chi connectivity index (χ2n) is 3.11. The first kappa shape index (κ1) is 13.7. The monoisotopic (exact) mass is 225 g/mol. The third-order valence-electron chi connectivity index (χ3n) is 1.86. The first-order chi connectivity index (χ1) is 7.02. The molecule has 1 atom stereocenters. The number of hydrogen-bond donors (Lipinski definition) is 2. The molecule has 0 aliphatic carbocycles. The van der Waals surface area contributed by atoms with Crippen LogP contribution in [0.25, 0.3) is 0 Å². The van der Waals surface area contributed by atoms with Crippen molar-refractivity contribution < 1.29 is 4.74 Å². The minimum absolute atomic E-state index is 0.0118. The zero-order valence-electron chi connectivity index (χ0n) is 9.11. The molecule has 1 unspecified atom stereocenters. The standard InChI is InChI=1S/C10H15N3OS/c1-4-7(2)5-13-9(10(12)15)8(3)14-6-11/h5,7H,4H2,1-3H3,(H2,12,15)/b9-8+,13-5-. The molecule has 0 aliphatic heterocycles. The Morgan fingerprint density at radius 3 is 2.73 bits per heavy atom. The van der Waals surface area contributed by atoms with Gasteiger partial charge in [-0.15, -0.1) is 17.9 Å². The Balaban J connectivity index is 4.85. The minimum Gasteiger partial charge on any atom is -0.390 e. The van der Waals surface area contributed by atoms with Crippen LogP contribution in [0.4, 0.5) is 0 Å². The van der Waals surface area contributed by atoms with E-state index in [1.807, 2.05) is 13.8 Å². The highest BCUT2D eigenvalue weighted by Crippen LogP contribution is 2.11. The van der Waals surface area contributed by atoms with Crippen LogP contribution in [0.15, 0.2) is 16.4 Å². The van der Waals surface area contributed by atoms with Crippen molar-refractivity contribution in [2.75, 3.05) is 0 Å². The van der Waals surface area contributed by atoms with E-state index in [0.29, 0.717) is 11.6 Å². The highest BCUT2D eigenvalue weighted by Gasteiger charge is 2.06. The summed E-state index contributed by atoms with van der Waals surface area (Å²) in [6, 6.07) is 0. The molecule has 0 aliphatic rings. The summed E-state index contributed by atoms with van der Waals surface area (Å²) in [5, 5.41) is 15.7. The van der Waals surface area contributed by atoms with Gasteiger partial charge in [-0.3, -0.25) is 10.4 Å².